The van der Waals surface area contributed by atoms with E-state index < -0.39 is 47.8 Å². The lowest BCUT2D eigenvalue weighted by Crippen LogP contribution is -2.57. The highest BCUT2D eigenvalue weighted by Gasteiger charge is 2.42. The van der Waals surface area contributed by atoms with Gasteiger partial charge in [0.15, 0.2) is 0 Å². The van der Waals surface area contributed by atoms with Gasteiger partial charge in [-0.3, -0.25) is 19.2 Å². The average Bonchev–Trinajstić information content (AvgIpc) is 3.35. The summed E-state index contributed by atoms with van der Waals surface area (Å²) in [7, 11) is 0. The zero-order valence-corrected chi connectivity index (χ0v) is 23.1. The van der Waals surface area contributed by atoms with Crippen molar-refractivity contribution in [1.82, 2.24) is 15.5 Å². The lowest BCUT2D eigenvalue weighted by atomic mass is 10.1. The number of nitrogens with one attached hydrogen (secondary N) is 2. The minimum atomic E-state index is -1.22. The summed E-state index contributed by atoms with van der Waals surface area (Å²) in [4.78, 5) is 64.4. The molecular weight excluding hydrogens is 536 g/mol. The number of ether oxygens (including phenoxy) is 2. The van der Waals surface area contributed by atoms with Crippen molar-refractivity contribution in [1.29, 1.82) is 0 Å². The van der Waals surface area contributed by atoms with Crippen LogP contribution in [0, 0.1) is 0 Å². The van der Waals surface area contributed by atoms with Gasteiger partial charge in [0.05, 0.1) is 13.2 Å². The van der Waals surface area contributed by atoms with Crippen LogP contribution in [0.15, 0.2) is 60.7 Å². The Bertz CT molecular complexity index is 1170. The van der Waals surface area contributed by atoms with Gasteiger partial charge in [0.25, 0.3) is 0 Å². The zero-order valence-electron chi connectivity index (χ0n) is 22.2. The zero-order chi connectivity index (χ0) is 28.9. The molecule has 1 fully saturated rings. The molecule has 0 bridgehead atoms. The van der Waals surface area contributed by atoms with Gasteiger partial charge < -0.3 is 25.8 Å². The Morgan fingerprint density at radius 1 is 0.975 bits per heavy atom. The van der Waals surface area contributed by atoms with E-state index in [2.05, 4.69) is 10.6 Å². The van der Waals surface area contributed by atoms with E-state index in [0.29, 0.717) is 12.2 Å². The first kappa shape index (κ1) is 30.6. The highest BCUT2D eigenvalue weighted by molar-refractivity contribution is 7.98. The standard InChI is InChI=1S/C28H34N4O7S/c1-40-15-14-21(25(29)34)30-26(35)22(18-38-16-19-8-4-2-5-9-19)31-27(36)23-12-13-24(33)32(23)28(37)39-17-20-10-6-3-7-11-20/h2-11,21-23H,12-18H2,1H3,(H2,29,34)(H,30,35)(H,31,36)/t21-,22-,23-/m0/s1. The number of benzene rings is 2. The van der Waals surface area contributed by atoms with Gasteiger partial charge in [0.1, 0.15) is 24.7 Å². The number of rotatable bonds is 14. The molecule has 12 heteroatoms. The minimum Gasteiger partial charge on any atom is -0.444 e. The predicted octanol–water partition coefficient (Wildman–Crippen LogP) is 1.74. The Morgan fingerprint density at radius 3 is 2.20 bits per heavy atom. The smallest absolute Gasteiger partial charge is 0.417 e. The lowest BCUT2D eigenvalue weighted by molar-refractivity contribution is -0.137. The van der Waals surface area contributed by atoms with Crippen LogP contribution in [0.5, 0.6) is 0 Å². The molecule has 0 spiro atoms. The van der Waals surface area contributed by atoms with Crippen molar-refractivity contribution in [2.75, 3.05) is 18.6 Å². The maximum absolute atomic E-state index is 13.3. The number of carbonyl (C=O) groups excluding carboxylic acids is 5. The van der Waals surface area contributed by atoms with E-state index in [-0.39, 0.29) is 32.7 Å². The van der Waals surface area contributed by atoms with Crippen molar-refractivity contribution >= 4 is 41.5 Å². The second kappa shape index (κ2) is 15.6. The molecule has 3 rings (SSSR count). The maximum atomic E-state index is 13.3. The Kier molecular flexibility index (Phi) is 12.0. The largest absolute Gasteiger partial charge is 0.444 e. The molecule has 5 amide bonds. The molecule has 0 aliphatic carbocycles. The van der Waals surface area contributed by atoms with Gasteiger partial charge in [-0.15, -0.1) is 0 Å². The highest BCUT2D eigenvalue weighted by Crippen LogP contribution is 2.21. The van der Waals surface area contributed by atoms with Crippen molar-refractivity contribution in [2.45, 2.75) is 50.6 Å². The van der Waals surface area contributed by atoms with Gasteiger partial charge in [-0.25, -0.2) is 9.69 Å². The molecular formula is C28H34N4O7S. The number of nitrogens with zero attached hydrogens (tertiary/aromatic N) is 1. The number of hydrogen-bond donors (Lipinski definition) is 3. The van der Waals surface area contributed by atoms with Crippen molar-refractivity contribution in [3.05, 3.63) is 71.8 Å². The van der Waals surface area contributed by atoms with Crippen molar-refractivity contribution in [3.8, 4) is 0 Å². The van der Waals surface area contributed by atoms with Crippen LogP contribution in [0.4, 0.5) is 4.79 Å². The molecule has 4 N–H and O–H groups in total. The molecule has 1 heterocycles. The van der Waals surface area contributed by atoms with E-state index in [1.165, 1.54) is 11.8 Å². The fraction of sp³-hybridized carbons (Fsp3) is 0.393. The molecule has 2 aromatic carbocycles. The lowest BCUT2D eigenvalue weighted by Gasteiger charge is -2.26. The Morgan fingerprint density at radius 2 is 1.60 bits per heavy atom. The van der Waals surface area contributed by atoms with Crippen LogP contribution in [-0.2, 0) is 41.9 Å². The molecule has 1 aliphatic heterocycles. The van der Waals surface area contributed by atoms with E-state index in [4.69, 9.17) is 15.2 Å². The molecule has 0 aromatic heterocycles. The summed E-state index contributed by atoms with van der Waals surface area (Å²) < 4.78 is 11.0. The first-order valence-electron chi connectivity index (χ1n) is 12.8. The van der Waals surface area contributed by atoms with E-state index in [9.17, 15) is 24.0 Å². The number of likely N-dealkylation sites (tertiary alicyclic amines) is 1. The van der Waals surface area contributed by atoms with Crippen LogP contribution < -0.4 is 16.4 Å². The molecule has 0 saturated carbocycles. The third kappa shape index (κ3) is 9.09. The van der Waals surface area contributed by atoms with Crippen LogP contribution >= 0.6 is 11.8 Å². The summed E-state index contributed by atoms with van der Waals surface area (Å²) in [5.74, 6) is -2.06. The van der Waals surface area contributed by atoms with E-state index in [0.717, 1.165) is 16.0 Å². The molecule has 40 heavy (non-hydrogen) atoms. The number of carbonyl (C=O) groups is 5. The van der Waals surface area contributed by atoms with Crippen LogP contribution in [0.3, 0.4) is 0 Å². The van der Waals surface area contributed by atoms with Gasteiger partial charge >= 0.3 is 6.09 Å². The van der Waals surface area contributed by atoms with E-state index in [1.54, 1.807) is 24.3 Å². The van der Waals surface area contributed by atoms with E-state index in [1.807, 2.05) is 42.7 Å². The maximum Gasteiger partial charge on any atom is 0.417 e. The second-order valence-corrected chi connectivity index (χ2v) is 10.2. The van der Waals surface area contributed by atoms with Crippen molar-refractivity contribution < 1.29 is 33.4 Å². The first-order valence-corrected chi connectivity index (χ1v) is 14.2. The number of primary amides is 1. The number of amides is 5. The summed E-state index contributed by atoms with van der Waals surface area (Å²) in [5.41, 5.74) is 7.04. The Balaban J connectivity index is 1.68. The van der Waals surface area contributed by atoms with Gasteiger partial charge in [0.2, 0.25) is 23.6 Å². The van der Waals surface area contributed by atoms with Gasteiger partial charge in [-0.05, 0) is 36.0 Å². The van der Waals surface area contributed by atoms with Crippen LogP contribution in [-0.4, -0.2) is 71.4 Å². The second-order valence-electron chi connectivity index (χ2n) is 9.17. The summed E-state index contributed by atoms with van der Waals surface area (Å²) in [6, 6.07) is 14.8. The molecule has 1 aliphatic rings. The minimum absolute atomic E-state index is 0.0294. The average molecular weight is 571 g/mol. The number of imide groups is 1. The third-order valence-electron chi connectivity index (χ3n) is 6.22. The highest BCUT2D eigenvalue weighted by atomic mass is 32.2. The molecule has 2 aromatic rings. The fourth-order valence-corrected chi connectivity index (χ4v) is 4.53. The third-order valence-corrected chi connectivity index (χ3v) is 6.86. The van der Waals surface area contributed by atoms with Crippen molar-refractivity contribution in [2.24, 2.45) is 5.73 Å². The predicted molar refractivity (Wildman–Crippen MR) is 149 cm³/mol. The molecule has 1 saturated heterocycles. The van der Waals surface area contributed by atoms with Gasteiger partial charge in [-0.1, -0.05) is 60.7 Å². The SMILES string of the molecule is CSCC[C@H](NC(=O)[C@H](COCc1ccccc1)NC(=O)[C@@H]1CCC(=O)N1C(=O)OCc1ccccc1)C(N)=O. The van der Waals surface area contributed by atoms with Crippen LogP contribution in [0.2, 0.25) is 0 Å². The fourth-order valence-electron chi connectivity index (χ4n) is 4.06. The van der Waals surface area contributed by atoms with Gasteiger partial charge in [-0.2, -0.15) is 11.8 Å². The summed E-state index contributed by atoms with van der Waals surface area (Å²) in [6.45, 7) is -0.119. The van der Waals surface area contributed by atoms with E-state index >= 15 is 0 Å². The topological polar surface area (TPSA) is 157 Å². The summed E-state index contributed by atoms with van der Waals surface area (Å²) >= 11 is 1.49. The van der Waals surface area contributed by atoms with Gasteiger partial charge in [0, 0.05) is 6.42 Å². The molecule has 3 atom stereocenters. The van der Waals surface area contributed by atoms with Crippen LogP contribution in [0.25, 0.3) is 0 Å². The Labute approximate surface area is 237 Å². The summed E-state index contributed by atoms with van der Waals surface area (Å²) in [5, 5.41) is 5.17. The quantitative estimate of drug-likeness (QED) is 0.310. The number of hydrogen-bond acceptors (Lipinski definition) is 8. The molecule has 0 unspecified atom stereocenters. The summed E-state index contributed by atoms with van der Waals surface area (Å²) in [6.07, 6.45) is 1.27. The molecule has 0 radical (unpaired) electrons. The molecule has 214 valence electrons. The normalized spacial score (nSPS) is 16.2. The Hall–Kier alpha value is -3.90. The monoisotopic (exact) mass is 570 g/mol. The first-order chi connectivity index (χ1) is 19.3. The van der Waals surface area contributed by atoms with Crippen molar-refractivity contribution in [3.63, 3.8) is 0 Å². The number of thioether (sulfide) groups is 1. The number of nitrogens with two attached hydrogens (primary N) is 1. The van der Waals surface area contributed by atoms with Crippen LogP contribution in [0.1, 0.15) is 30.4 Å². The molecule has 11 nitrogen and oxygen atoms in total.